The summed E-state index contributed by atoms with van der Waals surface area (Å²) in [5.74, 6) is -1.09. The molecule has 0 saturated heterocycles. The van der Waals surface area contributed by atoms with Gasteiger partial charge in [0, 0.05) is 30.2 Å². The number of rotatable bonds is 3. The fourth-order valence-electron chi connectivity index (χ4n) is 1.93. The number of halogens is 1. The lowest BCUT2D eigenvalue weighted by Crippen LogP contribution is -2.21. The van der Waals surface area contributed by atoms with Gasteiger partial charge in [-0.3, -0.25) is 4.79 Å². The van der Waals surface area contributed by atoms with Crippen LogP contribution < -0.4 is 0 Å². The summed E-state index contributed by atoms with van der Waals surface area (Å²) >= 11 is 6.12. The maximum atomic E-state index is 11.8. The van der Waals surface area contributed by atoms with Crippen molar-refractivity contribution >= 4 is 23.5 Å². The van der Waals surface area contributed by atoms with Crippen molar-refractivity contribution in [3.8, 4) is 11.1 Å². The largest absolute Gasteiger partial charge is 0.478 e. The van der Waals surface area contributed by atoms with E-state index < -0.39 is 5.97 Å². The smallest absolute Gasteiger partial charge is 0.335 e. The molecule has 0 aliphatic carbocycles. The Morgan fingerprint density at radius 2 is 1.57 bits per heavy atom. The average Bonchev–Trinajstić information content (AvgIpc) is 2.46. The first-order chi connectivity index (χ1) is 9.90. The number of amides is 1. The number of carboxylic acids is 1. The number of hydrogen-bond donors (Lipinski definition) is 1. The predicted molar refractivity (Wildman–Crippen MR) is 81.9 cm³/mol. The second-order valence-corrected chi connectivity index (χ2v) is 5.18. The molecule has 2 aromatic carbocycles. The van der Waals surface area contributed by atoms with E-state index in [0.717, 1.165) is 11.1 Å². The standard InChI is InChI=1S/C16H14ClNO3/c1-18(2)15(19)11-5-3-10(4-6-11)13-8-7-12(16(20)21)9-14(13)17/h3-9H,1-2H3,(H,20,21). The number of benzene rings is 2. The Kier molecular flexibility index (Phi) is 4.29. The summed E-state index contributed by atoms with van der Waals surface area (Å²) < 4.78 is 0. The highest BCUT2D eigenvalue weighted by molar-refractivity contribution is 6.33. The monoisotopic (exact) mass is 303 g/mol. The molecule has 5 heteroatoms. The molecule has 0 bridgehead atoms. The second-order valence-electron chi connectivity index (χ2n) is 4.78. The van der Waals surface area contributed by atoms with Crippen LogP contribution in [0.15, 0.2) is 42.5 Å². The zero-order valence-electron chi connectivity index (χ0n) is 11.6. The highest BCUT2D eigenvalue weighted by atomic mass is 35.5. The van der Waals surface area contributed by atoms with Gasteiger partial charge in [-0.15, -0.1) is 0 Å². The molecule has 21 heavy (non-hydrogen) atoms. The summed E-state index contributed by atoms with van der Waals surface area (Å²) in [7, 11) is 3.38. The lowest BCUT2D eigenvalue weighted by molar-refractivity contribution is 0.0696. The third-order valence-electron chi connectivity index (χ3n) is 3.07. The quantitative estimate of drug-likeness (QED) is 0.945. The van der Waals surface area contributed by atoms with E-state index in [1.54, 1.807) is 44.4 Å². The van der Waals surface area contributed by atoms with Gasteiger partial charge in [0.15, 0.2) is 0 Å². The number of carbonyl (C=O) groups excluding carboxylic acids is 1. The average molecular weight is 304 g/mol. The maximum absolute atomic E-state index is 11.8. The Labute approximate surface area is 127 Å². The maximum Gasteiger partial charge on any atom is 0.335 e. The number of aromatic carboxylic acids is 1. The first kappa shape index (κ1) is 15.1. The van der Waals surface area contributed by atoms with Crippen LogP contribution in [0.1, 0.15) is 20.7 Å². The van der Waals surface area contributed by atoms with Crippen molar-refractivity contribution in [2.45, 2.75) is 0 Å². The Hall–Kier alpha value is -2.33. The number of nitrogens with zero attached hydrogens (tertiary/aromatic N) is 1. The third-order valence-corrected chi connectivity index (χ3v) is 3.38. The van der Waals surface area contributed by atoms with Gasteiger partial charge in [0.2, 0.25) is 0 Å². The number of carboxylic acid groups (broad SMARTS) is 1. The number of hydrogen-bond acceptors (Lipinski definition) is 2. The van der Waals surface area contributed by atoms with Gasteiger partial charge >= 0.3 is 5.97 Å². The van der Waals surface area contributed by atoms with Crippen molar-refractivity contribution in [1.29, 1.82) is 0 Å². The normalized spacial score (nSPS) is 10.2. The van der Waals surface area contributed by atoms with Crippen molar-refractivity contribution in [3.05, 3.63) is 58.6 Å². The molecule has 2 rings (SSSR count). The molecule has 0 fully saturated rings. The van der Waals surface area contributed by atoms with Crippen LogP contribution in [0.5, 0.6) is 0 Å². The van der Waals surface area contributed by atoms with Crippen molar-refractivity contribution in [3.63, 3.8) is 0 Å². The molecule has 0 heterocycles. The SMILES string of the molecule is CN(C)C(=O)c1ccc(-c2ccc(C(=O)O)cc2Cl)cc1. The highest BCUT2D eigenvalue weighted by Gasteiger charge is 2.11. The van der Waals surface area contributed by atoms with Gasteiger partial charge in [0.25, 0.3) is 5.91 Å². The molecule has 0 aliphatic rings. The van der Waals surface area contributed by atoms with Gasteiger partial charge in [-0.1, -0.05) is 29.8 Å². The van der Waals surface area contributed by atoms with Gasteiger partial charge in [0.05, 0.1) is 5.56 Å². The van der Waals surface area contributed by atoms with Crippen molar-refractivity contribution < 1.29 is 14.7 Å². The molecule has 0 unspecified atom stereocenters. The molecule has 0 aliphatic heterocycles. The van der Waals surface area contributed by atoms with E-state index in [2.05, 4.69) is 0 Å². The molecular weight excluding hydrogens is 290 g/mol. The minimum atomic E-state index is -1.02. The van der Waals surface area contributed by atoms with E-state index in [-0.39, 0.29) is 11.5 Å². The summed E-state index contributed by atoms with van der Waals surface area (Å²) in [5, 5.41) is 9.28. The molecule has 0 aromatic heterocycles. The Bertz CT molecular complexity index is 693. The summed E-state index contributed by atoms with van der Waals surface area (Å²) in [6.45, 7) is 0. The summed E-state index contributed by atoms with van der Waals surface area (Å²) in [5.41, 5.74) is 2.28. The van der Waals surface area contributed by atoms with Crippen molar-refractivity contribution in [2.75, 3.05) is 14.1 Å². The lowest BCUT2D eigenvalue weighted by atomic mass is 10.0. The van der Waals surface area contributed by atoms with Gasteiger partial charge in [-0.2, -0.15) is 0 Å². The number of carbonyl (C=O) groups is 2. The van der Waals surface area contributed by atoms with E-state index in [1.807, 2.05) is 0 Å². The summed E-state index contributed by atoms with van der Waals surface area (Å²) in [6.07, 6.45) is 0. The van der Waals surface area contributed by atoms with Crippen LogP contribution in [0, 0.1) is 0 Å². The molecule has 4 nitrogen and oxygen atoms in total. The van der Waals surface area contributed by atoms with Gasteiger partial charge in [0.1, 0.15) is 0 Å². The topological polar surface area (TPSA) is 57.6 Å². The van der Waals surface area contributed by atoms with Crippen LogP contribution in [0.2, 0.25) is 5.02 Å². The Morgan fingerprint density at radius 3 is 2.05 bits per heavy atom. The molecule has 0 atom stereocenters. The molecule has 1 N–H and O–H groups in total. The highest BCUT2D eigenvalue weighted by Crippen LogP contribution is 2.29. The van der Waals surface area contributed by atoms with Crippen LogP contribution in [0.3, 0.4) is 0 Å². The molecule has 0 radical (unpaired) electrons. The van der Waals surface area contributed by atoms with Gasteiger partial charge < -0.3 is 10.0 Å². The lowest BCUT2D eigenvalue weighted by Gasteiger charge is -2.11. The summed E-state index contributed by atoms with van der Waals surface area (Å²) in [4.78, 5) is 24.2. The van der Waals surface area contributed by atoms with Crippen LogP contribution in [0.25, 0.3) is 11.1 Å². The van der Waals surface area contributed by atoms with Crippen LogP contribution in [0.4, 0.5) is 0 Å². The van der Waals surface area contributed by atoms with Gasteiger partial charge in [-0.25, -0.2) is 4.79 Å². The fourth-order valence-corrected chi connectivity index (χ4v) is 2.22. The van der Waals surface area contributed by atoms with Crippen LogP contribution in [-0.4, -0.2) is 36.0 Å². The summed E-state index contributed by atoms with van der Waals surface area (Å²) in [6, 6.07) is 11.6. The molecule has 108 valence electrons. The van der Waals surface area contributed by atoms with Gasteiger partial charge in [-0.05, 0) is 29.8 Å². The van der Waals surface area contributed by atoms with Crippen molar-refractivity contribution in [2.24, 2.45) is 0 Å². The molecule has 1 amide bonds. The van der Waals surface area contributed by atoms with E-state index in [1.165, 1.54) is 17.0 Å². The van der Waals surface area contributed by atoms with E-state index in [9.17, 15) is 9.59 Å². The Morgan fingerprint density at radius 1 is 1.00 bits per heavy atom. The second kappa shape index (κ2) is 5.97. The van der Waals surface area contributed by atoms with Crippen molar-refractivity contribution in [1.82, 2.24) is 4.90 Å². The zero-order valence-corrected chi connectivity index (χ0v) is 12.4. The molecule has 2 aromatic rings. The first-order valence-corrected chi connectivity index (χ1v) is 6.63. The van der Waals surface area contributed by atoms with E-state index in [0.29, 0.717) is 10.6 Å². The molecule has 0 saturated carbocycles. The predicted octanol–water partition coefficient (Wildman–Crippen LogP) is 3.41. The molecular formula is C16H14ClNO3. The minimum Gasteiger partial charge on any atom is -0.478 e. The van der Waals surface area contributed by atoms with E-state index >= 15 is 0 Å². The Balaban J connectivity index is 2.35. The minimum absolute atomic E-state index is 0.0751. The van der Waals surface area contributed by atoms with E-state index in [4.69, 9.17) is 16.7 Å². The fraction of sp³-hybridized carbons (Fsp3) is 0.125. The first-order valence-electron chi connectivity index (χ1n) is 6.25. The third kappa shape index (κ3) is 3.23. The van der Waals surface area contributed by atoms with Crippen LogP contribution >= 0.6 is 11.6 Å². The zero-order chi connectivity index (χ0) is 15.6. The van der Waals surface area contributed by atoms with Crippen LogP contribution in [-0.2, 0) is 0 Å². The molecule has 0 spiro atoms.